The number of benzene rings is 1. The molecule has 0 bridgehead atoms. The summed E-state index contributed by atoms with van der Waals surface area (Å²) in [6.07, 6.45) is 0.800. The van der Waals surface area contributed by atoms with Gasteiger partial charge in [0.2, 0.25) is 17.7 Å². The molecule has 3 heterocycles. The third kappa shape index (κ3) is 3.54. The van der Waals surface area contributed by atoms with Gasteiger partial charge < -0.3 is 9.32 Å². The van der Waals surface area contributed by atoms with Crippen LogP contribution in [0.25, 0.3) is 21.5 Å². The number of aryl methyl sites for hydroxylation is 1. The minimum Gasteiger partial charge on any atom is -0.421 e. The molecule has 5 nitrogen and oxygen atoms in total. The molecule has 0 atom stereocenters. The van der Waals surface area contributed by atoms with Crippen molar-refractivity contribution >= 4 is 38.7 Å². The Bertz CT molecular complexity index is 1020. The van der Waals surface area contributed by atoms with Gasteiger partial charge in [0.15, 0.2) is 0 Å². The molecule has 0 unspecified atom stereocenters. The van der Waals surface area contributed by atoms with Gasteiger partial charge in [0.1, 0.15) is 0 Å². The van der Waals surface area contributed by atoms with Crippen LogP contribution >= 0.6 is 22.7 Å². The van der Waals surface area contributed by atoms with Crippen LogP contribution in [0.15, 0.2) is 50.9 Å². The molecule has 0 radical (unpaired) electrons. The third-order valence-electron chi connectivity index (χ3n) is 4.18. The van der Waals surface area contributed by atoms with Gasteiger partial charge in [0.05, 0.1) is 0 Å². The van der Waals surface area contributed by atoms with Crippen molar-refractivity contribution in [2.75, 3.05) is 7.05 Å². The molecule has 0 aliphatic rings. The van der Waals surface area contributed by atoms with Crippen molar-refractivity contribution in [1.29, 1.82) is 0 Å². The minimum atomic E-state index is 0.0653. The molecule has 0 saturated heterocycles. The summed E-state index contributed by atoms with van der Waals surface area (Å²) in [5, 5.41) is 15.3. The van der Waals surface area contributed by atoms with Crippen molar-refractivity contribution < 1.29 is 9.21 Å². The molecule has 4 rings (SSSR count). The van der Waals surface area contributed by atoms with E-state index in [9.17, 15) is 4.79 Å². The average molecular weight is 383 g/mol. The molecule has 1 aromatic carbocycles. The second-order valence-electron chi connectivity index (χ2n) is 6.02. The van der Waals surface area contributed by atoms with Crippen LogP contribution in [-0.4, -0.2) is 28.1 Å². The van der Waals surface area contributed by atoms with E-state index in [4.69, 9.17) is 4.42 Å². The van der Waals surface area contributed by atoms with Crippen LogP contribution in [-0.2, 0) is 17.8 Å². The van der Waals surface area contributed by atoms with Crippen LogP contribution in [0.5, 0.6) is 0 Å². The Morgan fingerprint density at radius 3 is 2.92 bits per heavy atom. The number of thiophene rings is 2. The molecule has 3 aromatic heterocycles. The van der Waals surface area contributed by atoms with Crippen LogP contribution in [0.3, 0.4) is 0 Å². The lowest BCUT2D eigenvalue weighted by atomic mass is 10.1. The molecular weight excluding hydrogens is 366 g/mol. The number of carbonyl (C=O) groups is 1. The summed E-state index contributed by atoms with van der Waals surface area (Å²) < 4.78 is 6.88. The molecule has 7 heteroatoms. The maximum Gasteiger partial charge on any atom is 0.248 e. The predicted octanol–water partition coefficient (Wildman–Crippen LogP) is 4.60. The Balaban J connectivity index is 1.36. The Morgan fingerprint density at radius 2 is 2.08 bits per heavy atom. The highest BCUT2D eigenvalue weighted by Crippen LogP contribution is 2.26. The smallest absolute Gasteiger partial charge is 0.248 e. The lowest BCUT2D eigenvalue weighted by Gasteiger charge is -2.16. The SMILES string of the molecule is CN(Cc1csc2ccccc12)C(=O)CCc1nnc(-c2ccsc2)o1. The van der Waals surface area contributed by atoms with Gasteiger partial charge in [0.25, 0.3) is 0 Å². The number of carbonyl (C=O) groups excluding carboxylic acids is 1. The number of amides is 1. The molecule has 0 N–H and O–H groups in total. The summed E-state index contributed by atoms with van der Waals surface area (Å²) >= 11 is 3.29. The summed E-state index contributed by atoms with van der Waals surface area (Å²) in [5.74, 6) is 1.07. The monoisotopic (exact) mass is 383 g/mol. The topological polar surface area (TPSA) is 59.2 Å². The Kier molecular flexibility index (Phi) is 4.81. The van der Waals surface area contributed by atoms with Gasteiger partial charge in [-0.2, -0.15) is 11.3 Å². The lowest BCUT2D eigenvalue weighted by Crippen LogP contribution is -2.26. The normalized spacial score (nSPS) is 11.1. The van der Waals surface area contributed by atoms with Gasteiger partial charge in [-0.15, -0.1) is 21.5 Å². The van der Waals surface area contributed by atoms with E-state index < -0.39 is 0 Å². The minimum absolute atomic E-state index is 0.0653. The number of aromatic nitrogens is 2. The van der Waals surface area contributed by atoms with Gasteiger partial charge in [-0.3, -0.25) is 4.79 Å². The average Bonchev–Trinajstić information content (AvgIpc) is 3.40. The lowest BCUT2D eigenvalue weighted by molar-refractivity contribution is -0.130. The summed E-state index contributed by atoms with van der Waals surface area (Å²) in [6, 6.07) is 10.2. The molecule has 0 aliphatic heterocycles. The third-order valence-corrected chi connectivity index (χ3v) is 5.88. The van der Waals surface area contributed by atoms with Gasteiger partial charge in [0, 0.05) is 42.1 Å². The first-order valence-electron chi connectivity index (χ1n) is 8.25. The van der Waals surface area contributed by atoms with E-state index in [1.165, 1.54) is 15.6 Å². The van der Waals surface area contributed by atoms with Gasteiger partial charge in [-0.05, 0) is 33.8 Å². The maximum atomic E-state index is 12.5. The van der Waals surface area contributed by atoms with E-state index in [1.807, 2.05) is 36.0 Å². The molecule has 0 aliphatic carbocycles. The van der Waals surface area contributed by atoms with Crippen LogP contribution in [0.4, 0.5) is 0 Å². The summed E-state index contributed by atoms with van der Waals surface area (Å²) in [7, 11) is 1.83. The molecule has 4 aromatic rings. The first-order valence-corrected chi connectivity index (χ1v) is 10.1. The van der Waals surface area contributed by atoms with E-state index in [0.717, 1.165) is 5.56 Å². The van der Waals surface area contributed by atoms with Gasteiger partial charge in [-0.1, -0.05) is 18.2 Å². The van der Waals surface area contributed by atoms with E-state index in [1.54, 1.807) is 27.6 Å². The fraction of sp³-hybridized carbons (Fsp3) is 0.211. The second-order valence-corrected chi connectivity index (χ2v) is 7.71. The van der Waals surface area contributed by atoms with Gasteiger partial charge >= 0.3 is 0 Å². The maximum absolute atomic E-state index is 12.5. The molecule has 26 heavy (non-hydrogen) atoms. The largest absolute Gasteiger partial charge is 0.421 e. The van der Waals surface area contributed by atoms with Crippen molar-refractivity contribution in [2.24, 2.45) is 0 Å². The van der Waals surface area contributed by atoms with Crippen molar-refractivity contribution in [3.05, 3.63) is 57.9 Å². The molecule has 0 fully saturated rings. The van der Waals surface area contributed by atoms with Crippen LogP contribution in [0.1, 0.15) is 17.9 Å². The second kappa shape index (κ2) is 7.39. The molecule has 1 amide bonds. The van der Waals surface area contributed by atoms with Crippen LogP contribution in [0.2, 0.25) is 0 Å². The predicted molar refractivity (Wildman–Crippen MR) is 104 cm³/mol. The number of rotatable bonds is 6. The van der Waals surface area contributed by atoms with Crippen molar-refractivity contribution in [3.8, 4) is 11.5 Å². The van der Waals surface area contributed by atoms with Crippen LogP contribution < -0.4 is 0 Å². The number of hydrogen-bond donors (Lipinski definition) is 0. The first kappa shape index (κ1) is 16.9. The fourth-order valence-corrected chi connectivity index (χ4v) is 4.34. The van der Waals surface area contributed by atoms with Gasteiger partial charge in [-0.25, -0.2) is 0 Å². The van der Waals surface area contributed by atoms with E-state index in [0.29, 0.717) is 31.2 Å². The summed E-state index contributed by atoms with van der Waals surface area (Å²) in [4.78, 5) is 14.2. The van der Waals surface area contributed by atoms with Crippen molar-refractivity contribution in [3.63, 3.8) is 0 Å². The molecule has 0 saturated carbocycles. The summed E-state index contributed by atoms with van der Waals surface area (Å²) in [5.41, 5.74) is 2.10. The first-order chi connectivity index (χ1) is 12.7. The zero-order valence-electron chi connectivity index (χ0n) is 14.2. The number of nitrogens with zero attached hydrogens (tertiary/aromatic N) is 3. The van der Waals surface area contributed by atoms with E-state index in [-0.39, 0.29) is 5.91 Å². The highest BCUT2D eigenvalue weighted by molar-refractivity contribution is 7.17. The van der Waals surface area contributed by atoms with Crippen molar-refractivity contribution in [1.82, 2.24) is 15.1 Å². The van der Waals surface area contributed by atoms with E-state index in [2.05, 4.69) is 27.7 Å². The Hall–Kier alpha value is -2.51. The number of hydrogen-bond acceptors (Lipinski definition) is 6. The summed E-state index contributed by atoms with van der Waals surface area (Å²) in [6.45, 7) is 0.604. The van der Waals surface area contributed by atoms with Crippen molar-refractivity contribution in [2.45, 2.75) is 19.4 Å². The quantitative estimate of drug-likeness (QED) is 0.488. The standard InChI is InChI=1S/C19H17N3O2S2/c1-22(10-14-12-26-16-5-3-2-4-15(14)16)18(23)7-6-17-20-21-19(24-17)13-8-9-25-11-13/h2-5,8-9,11-12H,6-7,10H2,1H3. The molecule has 0 spiro atoms. The molecule has 132 valence electrons. The number of fused-ring (bicyclic) bond motifs is 1. The fourth-order valence-electron chi connectivity index (χ4n) is 2.76. The van der Waals surface area contributed by atoms with E-state index >= 15 is 0 Å². The molecular formula is C19H17N3O2S2. The Morgan fingerprint density at radius 1 is 1.19 bits per heavy atom. The zero-order valence-corrected chi connectivity index (χ0v) is 15.8. The highest BCUT2D eigenvalue weighted by atomic mass is 32.1. The Labute approximate surface area is 158 Å². The highest BCUT2D eigenvalue weighted by Gasteiger charge is 2.15. The van der Waals surface area contributed by atoms with Crippen LogP contribution in [0, 0.1) is 0 Å². The zero-order chi connectivity index (χ0) is 17.9.